The van der Waals surface area contributed by atoms with Crippen LogP contribution in [0.1, 0.15) is 53.9 Å². The third-order valence-electron chi connectivity index (χ3n) is 3.41. The van der Waals surface area contributed by atoms with Crippen molar-refractivity contribution in [1.29, 1.82) is 0 Å². The van der Waals surface area contributed by atoms with Gasteiger partial charge in [0.05, 0.1) is 6.04 Å². The van der Waals surface area contributed by atoms with Crippen molar-refractivity contribution in [3.05, 3.63) is 36.0 Å². The van der Waals surface area contributed by atoms with Crippen LogP contribution in [0.25, 0.3) is 0 Å². The van der Waals surface area contributed by atoms with E-state index in [-0.39, 0.29) is 0 Å². The van der Waals surface area contributed by atoms with E-state index in [9.17, 15) is 0 Å². The molecule has 0 saturated heterocycles. The van der Waals surface area contributed by atoms with E-state index in [1.165, 1.54) is 31.3 Å². The second kappa shape index (κ2) is 11.0. The molecule has 19 heavy (non-hydrogen) atoms. The fraction of sp³-hybridized carbons (Fsp3) is 0.647. The molecule has 2 heteroatoms. The number of unbranched alkanes of at least 4 members (excludes halogenated alkanes) is 1. The van der Waals surface area contributed by atoms with Crippen LogP contribution in [0.4, 0.5) is 0 Å². The number of hydrogen-bond acceptors (Lipinski definition) is 1. The highest BCUT2D eigenvalue weighted by molar-refractivity contribution is 6.63. The Morgan fingerprint density at radius 1 is 1.37 bits per heavy atom. The van der Waals surface area contributed by atoms with Crippen LogP contribution in [0.15, 0.2) is 36.0 Å². The van der Waals surface area contributed by atoms with Gasteiger partial charge in [-0.3, -0.25) is 0 Å². The molecule has 1 rings (SSSR count). The predicted octanol–water partition coefficient (Wildman–Crippen LogP) is 5.13. The van der Waals surface area contributed by atoms with Crippen molar-refractivity contribution in [2.45, 2.75) is 66.7 Å². The van der Waals surface area contributed by atoms with Crippen LogP contribution in [0.3, 0.4) is 0 Å². The maximum Gasteiger partial charge on any atom is 0.187 e. The van der Waals surface area contributed by atoms with Gasteiger partial charge in [0.15, 0.2) is 6.71 Å². The molecule has 0 bridgehead atoms. The van der Waals surface area contributed by atoms with E-state index in [1.54, 1.807) is 0 Å². The molecule has 1 nitrogen and oxygen atoms in total. The van der Waals surface area contributed by atoms with Crippen molar-refractivity contribution < 1.29 is 0 Å². The molecule has 0 N–H and O–H groups in total. The molecule has 0 amide bonds. The zero-order valence-electron chi connectivity index (χ0n) is 13.8. The summed E-state index contributed by atoms with van der Waals surface area (Å²) in [5, 5.41) is 0. The summed E-state index contributed by atoms with van der Waals surface area (Å²) in [6.45, 7) is 13.5. The van der Waals surface area contributed by atoms with Crippen LogP contribution in [-0.4, -0.2) is 24.1 Å². The smallest absolute Gasteiger partial charge is 0.187 e. The van der Waals surface area contributed by atoms with Crippen LogP contribution in [0, 0.1) is 0 Å². The van der Waals surface area contributed by atoms with E-state index < -0.39 is 0 Å². The van der Waals surface area contributed by atoms with Gasteiger partial charge in [-0.25, -0.2) is 0 Å². The first-order chi connectivity index (χ1) is 9.22. The van der Waals surface area contributed by atoms with Gasteiger partial charge in [-0.15, -0.1) is 0 Å². The van der Waals surface area contributed by atoms with Crippen LogP contribution >= 0.6 is 0 Å². The second-order valence-corrected chi connectivity index (χ2v) is 4.96. The van der Waals surface area contributed by atoms with E-state index >= 15 is 0 Å². The van der Waals surface area contributed by atoms with Gasteiger partial charge in [-0.05, 0) is 38.5 Å². The Bertz CT molecular complexity index is 304. The Hall–Kier alpha value is -0.915. The number of hydrogen-bond donors (Lipinski definition) is 0. The molecule has 108 valence electrons. The standard InChI is InChI=1S/C15H26BN.C2H6/c1-5-8-10-15(14(7-3)9-6-2)17-12-11-16(4)13-17;1-2/h6-7,9,11-12,15H,5,8,10,13H2,1-4H3;1-2H3/b9-6-,14-7+;. The maximum absolute atomic E-state index is 2.51. The topological polar surface area (TPSA) is 3.24 Å². The van der Waals surface area contributed by atoms with Crippen LogP contribution in [0.5, 0.6) is 0 Å². The van der Waals surface area contributed by atoms with Crippen molar-refractivity contribution in [2.24, 2.45) is 0 Å². The van der Waals surface area contributed by atoms with Gasteiger partial charge >= 0.3 is 0 Å². The van der Waals surface area contributed by atoms with E-state index in [1.807, 2.05) is 13.8 Å². The lowest BCUT2D eigenvalue weighted by atomic mass is 9.54. The van der Waals surface area contributed by atoms with E-state index in [0.717, 1.165) is 0 Å². The Kier molecular flexibility index (Phi) is 10.4. The number of allylic oxidation sites excluding steroid dienone is 2. The van der Waals surface area contributed by atoms with Gasteiger partial charge in [0.1, 0.15) is 0 Å². The average molecular weight is 261 g/mol. The van der Waals surface area contributed by atoms with Crippen molar-refractivity contribution in [1.82, 2.24) is 4.90 Å². The third kappa shape index (κ3) is 6.18. The molecular formula is C17H32BN. The average Bonchev–Trinajstić information content (AvgIpc) is 2.86. The van der Waals surface area contributed by atoms with E-state index in [4.69, 9.17) is 0 Å². The highest BCUT2D eigenvalue weighted by Gasteiger charge is 2.23. The van der Waals surface area contributed by atoms with Gasteiger partial charge < -0.3 is 4.90 Å². The highest BCUT2D eigenvalue weighted by Crippen LogP contribution is 2.22. The molecule has 1 aliphatic heterocycles. The molecule has 0 aliphatic carbocycles. The monoisotopic (exact) mass is 261 g/mol. The fourth-order valence-electron chi connectivity index (χ4n) is 2.46. The van der Waals surface area contributed by atoms with Crippen LogP contribution in [0.2, 0.25) is 6.82 Å². The van der Waals surface area contributed by atoms with Crippen LogP contribution in [-0.2, 0) is 0 Å². The first-order valence-corrected chi connectivity index (χ1v) is 7.95. The lowest BCUT2D eigenvalue weighted by Crippen LogP contribution is -2.34. The minimum absolute atomic E-state index is 0.567. The normalized spacial score (nSPS) is 16.8. The van der Waals surface area contributed by atoms with Crippen molar-refractivity contribution in [2.75, 3.05) is 6.44 Å². The Morgan fingerprint density at radius 2 is 2.05 bits per heavy atom. The predicted molar refractivity (Wildman–Crippen MR) is 90.7 cm³/mol. The van der Waals surface area contributed by atoms with Gasteiger partial charge in [0.2, 0.25) is 0 Å². The number of nitrogens with zero attached hydrogens (tertiary/aromatic N) is 1. The maximum atomic E-state index is 2.51. The summed E-state index contributed by atoms with van der Waals surface area (Å²) < 4.78 is 0. The van der Waals surface area contributed by atoms with E-state index in [2.05, 4.69) is 62.9 Å². The van der Waals surface area contributed by atoms with Crippen molar-refractivity contribution in [3.8, 4) is 0 Å². The Morgan fingerprint density at radius 3 is 2.47 bits per heavy atom. The highest BCUT2D eigenvalue weighted by atomic mass is 15.1. The second-order valence-electron chi connectivity index (χ2n) is 4.96. The Labute approximate surface area is 121 Å². The zero-order chi connectivity index (χ0) is 14.7. The minimum atomic E-state index is 0.567. The first kappa shape index (κ1) is 18.1. The third-order valence-corrected chi connectivity index (χ3v) is 3.41. The lowest BCUT2D eigenvalue weighted by Gasteiger charge is -2.30. The summed E-state index contributed by atoms with van der Waals surface area (Å²) >= 11 is 0. The van der Waals surface area contributed by atoms with Gasteiger partial charge in [0.25, 0.3) is 0 Å². The summed E-state index contributed by atoms with van der Waals surface area (Å²) in [7, 11) is 0. The summed E-state index contributed by atoms with van der Waals surface area (Å²) in [5.41, 5.74) is 1.46. The molecule has 1 heterocycles. The van der Waals surface area contributed by atoms with Gasteiger partial charge in [0, 0.05) is 0 Å². The molecular weight excluding hydrogens is 229 g/mol. The molecule has 0 aromatic rings. The summed E-state index contributed by atoms with van der Waals surface area (Å²) in [6.07, 6.45) is 14.0. The summed E-state index contributed by atoms with van der Waals surface area (Å²) in [6, 6.07) is 0.567. The largest absolute Gasteiger partial charge is 0.378 e. The molecule has 0 radical (unpaired) electrons. The van der Waals surface area contributed by atoms with Gasteiger partial charge in [-0.1, -0.05) is 64.6 Å². The lowest BCUT2D eigenvalue weighted by molar-refractivity contribution is 0.337. The minimum Gasteiger partial charge on any atom is -0.378 e. The molecule has 0 saturated carbocycles. The summed E-state index contributed by atoms with van der Waals surface area (Å²) in [4.78, 5) is 2.51. The zero-order valence-corrected chi connectivity index (χ0v) is 13.8. The molecule has 1 atom stereocenters. The van der Waals surface area contributed by atoms with Gasteiger partial charge in [-0.2, -0.15) is 0 Å². The molecule has 0 fully saturated rings. The molecule has 0 aromatic heterocycles. The molecule has 0 spiro atoms. The Balaban J connectivity index is 0.00000154. The first-order valence-electron chi connectivity index (χ1n) is 7.95. The number of rotatable bonds is 6. The van der Waals surface area contributed by atoms with Crippen molar-refractivity contribution in [3.63, 3.8) is 0 Å². The fourth-order valence-corrected chi connectivity index (χ4v) is 2.46. The van der Waals surface area contributed by atoms with E-state index in [0.29, 0.717) is 12.8 Å². The molecule has 0 aromatic carbocycles. The van der Waals surface area contributed by atoms with Crippen LogP contribution < -0.4 is 0 Å². The quantitative estimate of drug-likeness (QED) is 0.473. The molecule has 1 aliphatic rings. The molecule has 1 unspecified atom stereocenters. The summed E-state index contributed by atoms with van der Waals surface area (Å²) in [5.74, 6) is 2.32. The van der Waals surface area contributed by atoms with Crippen molar-refractivity contribution >= 4 is 6.71 Å². The SMILES string of the molecule is C/C=C\C(=C/C)C(CCCC)N1C=CB(C)C1.CC.